The van der Waals surface area contributed by atoms with E-state index in [1.807, 2.05) is 11.9 Å². The van der Waals surface area contributed by atoms with Crippen LogP contribution >= 0.6 is 7.82 Å². The number of nitrogens with one attached hydrogen (secondary N) is 1. The summed E-state index contributed by atoms with van der Waals surface area (Å²) in [5.41, 5.74) is 5.51. The Morgan fingerprint density at radius 1 is 1.54 bits per heavy atom. The highest BCUT2D eigenvalue weighted by molar-refractivity contribution is 7.46. The van der Waals surface area contributed by atoms with Crippen LogP contribution in [0, 0.1) is 0 Å². The minimum absolute atomic E-state index is 0.0419. The molecule has 1 saturated heterocycles. The van der Waals surface area contributed by atoms with E-state index >= 15 is 0 Å². The van der Waals surface area contributed by atoms with Crippen molar-refractivity contribution in [1.29, 1.82) is 0 Å². The van der Waals surface area contributed by atoms with Gasteiger partial charge in [0.2, 0.25) is 5.95 Å². The van der Waals surface area contributed by atoms with Crippen molar-refractivity contribution in [3.8, 4) is 0 Å². The van der Waals surface area contributed by atoms with Crippen molar-refractivity contribution in [3.63, 3.8) is 0 Å². The molecular weight excluding hydrogens is 343 g/mol. The van der Waals surface area contributed by atoms with E-state index in [2.05, 4.69) is 19.5 Å². The summed E-state index contributed by atoms with van der Waals surface area (Å²) >= 11 is 0. The summed E-state index contributed by atoms with van der Waals surface area (Å²) in [5.74, 6) is -0.0419. The number of nitrogens with zero attached hydrogens (tertiary/aromatic N) is 4. The number of hydrogen-bond acceptors (Lipinski definition) is 8. The van der Waals surface area contributed by atoms with Gasteiger partial charge in [-0.15, -0.1) is 0 Å². The van der Waals surface area contributed by atoms with Gasteiger partial charge in [-0.25, -0.2) is 9.55 Å². The minimum atomic E-state index is -4.58. The maximum Gasteiger partial charge on any atom is 0.469 e. The Hall–Kier alpha value is -1.82. The normalized spacial score (nSPS) is 23.0. The second kappa shape index (κ2) is 6.24. The zero-order chi connectivity index (χ0) is 17.5. The molecule has 0 spiro atoms. The Balaban J connectivity index is 1.86. The van der Waals surface area contributed by atoms with Gasteiger partial charge in [-0.3, -0.25) is 23.8 Å². The average molecular weight is 360 g/mol. The molecule has 13 heteroatoms. The molecule has 132 valence electrons. The van der Waals surface area contributed by atoms with Crippen LogP contribution in [0.4, 0.5) is 5.95 Å². The molecule has 2 aromatic heterocycles. The number of anilines is 1. The van der Waals surface area contributed by atoms with Gasteiger partial charge in [-0.1, -0.05) is 0 Å². The van der Waals surface area contributed by atoms with E-state index in [4.69, 9.17) is 20.3 Å². The molecule has 0 amide bonds. The highest BCUT2D eigenvalue weighted by Gasteiger charge is 2.30. The number of H-pyrrole nitrogens is 1. The van der Waals surface area contributed by atoms with Gasteiger partial charge in [-0.2, -0.15) is 4.98 Å². The fraction of sp³-hybridized carbons (Fsp3) is 0.545. The number of nitrogen functional groups attached to an aromatic ring is 1. The molecule has 1 aliphatic heterocycles. The second-order valence-corrected chi connectivity index (χ2v) is 6.73. The number of aromatic amines is 1. The number of imidazole rings is 1. The molecule has 5 N–H and O–H groups in total. The van der Waals surface area contributed by atoms with Crippen LogP contribution in [0.5, 0.6) is 0 Å². The molecule has 0 aromatic carbocycles. The monoisotopic (exact) mass is 360 g/mol. The predicted octanol–water partition coefficient (Wildman–Crippen LogP) is -1.36. The lowest BCUT2D eigenvalue weighted by Gasteiger charge is -2.36. The smallest absolute Gasteiger partial charge is 0.369 e. The van der Waals surface area contributed by atoms with Crippen molar-refractivity contribution in [2.75, 3.05) is 32.5 Å². The van der Waals surface area contributed by atoms with Gasteiger partial charge >= 0.3 is 7.82 Å². The number of aromatic nitrogens is 4. The Kier molecular flexibility index (Phi) is 4.42. The quantitative estimate of drug-likeness (QED) is 0.478. The summed E-state index contributed by atoms with van der Waals surface area (Å²) in [5, 5.41) is 0. The number of rotatable bonds is 4. The van der Waals surface area contributed by atoms with E-state index < -0.39 is 25.7 Å². The maximum absolute atomic E-state index is 11.8. The first kappa shape index (κ1) is 17.0. The molecule has 2 unspecified atom stereocenters. The van der Waals surface area contributed by atoms with Gasteiger partial charge in [-0.05, 0) is 7.05 Å². The van der Waals surface area contributed by atoms with Crippen molar-refractivity contribution in [2.24, 2.45) is 0 Å². The number of morpholine rings is 1. The van der Waals surface area contributed by atoms with E-state index in [0.29, 0.717) is 13.1 Å². The first-order chi connectivity index (χ1) is 11.2. The third kappa shape index (κ3) is 3.64. The Labute approximate surface area is 135 Å². The van der Waals surface area contributed by atoms with Crippen LogP contribution in [0.3, 0.4) is 0 Å². The molecule has 2 atom stereocenters. The Bertz CT molecular complexity index is 845. The van der Waals surface area contributed by atoms with E-state index in [-0.39, 0.29) is 23.7 Å². The lowest BCUT2D eigenvalue weighted by molar-refractivity contribution is -0.126. The van der Waals surface area contributed by atoms with Gasteiger partial charge in [0.05, 0.1) is 19.0 Å². The van der Waals surface area contributed by atoms with Crippen LogP contribution in [0.1, 0.15) is 6.23 Å². The largest absolute Gasteiger partial charge is 0.469 e. The summed E-state index contributed by atoms with van der Waals surface area (Å²) in [4.78, 5) is 41.8. The number of hydrogen-bond donors (Lipinski definition) is 4. The second-order valence-electron chi connectivity index (χ2n) is 5.50. The summed E-state index contributed by atoms with van der Waals surface area (Å²) in [7, 11) is -2.75. The van der Waals surface area contributed by atoms with Crippen LogP contribution in [0.15, 0.2) is 11.1 Å². The van der Waals surface area contributed by atoms with Crippen molar-refractivity contribution in [1.82, 2.24) is 24.4 Å². The SMILES string of the molecule is CN1CC(COP(=O)(O)O)OC(n2cnc3c(=O)[nH]c(N)nc32)C1. The molecule has 24 heavy (non-hydrogen) atoms. The maximum atomic E-state index is 11.8. The van der Waals surface area contributed by atoms with Gasteiger partial charge in [0.1, 0.15) is 6.23 Å². The molecule has 1 fully saturated rings. The lowest BCUT2D eigenvalue weighted by atomic mass is 10.3. The summed E-state index contributed by atoms with van der Waals surface area (Å²) in [6.45, 7) is 0.624. The molecule has 0 bridgehead atoms. The van der Waals surface area contributed by atoms with E-state index in [1.165, 1.54) is 6.33 Å². The highest BCUT2D eigenvalue weighted by atomic mass is 31.2. The Morgan fingerprint density at radius 2 is 2.29 bits per heavy atom. The van der Waals surface area contributed by atoms with E-state index in [0.717, 1.165) is 0 Å². The number of nitrogens with two attached hydrogens (primary N) is 1. The molecule has 2 aromatic rings. The molecule has 0 aliphatic carbocycles. The molecule has 3 rings (SSSR count). The third-order valence-corrected chi connectivity index (χ3v) is 4.01. The number of phosphoric acid groups is 1. The molecule has 3 heterocycles. The predicted molar refractivity (Wildman–Crippen MR) is 82.0 cm³/mol. The average Bonchev–Trinajstić information content (AvgIpc) is 2.88. The van der Waals surface area contributed by atoms with Crippen molar-refractivity contribution < 1.29 is 23.6 Å². The van der Waals surface area contributed by atoms with Crippen LogP contribution in [0.2, 0.25) is 0 Å². The van der Waals surface area contributed by atoms with Crippen molar-refractivity contribution >= 4 is 24.9 Å². The van der Waals surface area contributed by atoms with Crippen LogP contribution in [-0.4, -0.2) is 67.1 Å². The lowest BCUT2D eigenvalue weighted by Crippen LogP contribution is -2.45. The van der Waals surface area contributed by atoms with Crippen molar-refractivity contribution in [3.05, 3.63) is 16.7 Å². The van der Waals surface area contributed by atoms with E-state index in [9.17, 15) is 9.36 Å². The topological polar surface area (TPSA) is 169 Å². The first-order valence-corrected chi connectivity index (χ1v) is 8.52. The third-order valence-electron chi connectivity index (χ3n) is 3.52. The van der Waals surface area contributed by atoms with Crippen LogP contribution < -0.4 is 11.3 Å². The van der Waals surface area contributed by atoms with Crippen LogP contribution in [-0.2, 0) is 13.8 Å². The number of phosphoric ester groups is 1. The summed E-state index contributed by atoms with van der Waals surface area (Å²) in [6, 6.07) is 0. The standard InChI is InChI=1S/C11H17N6O6P/c1-16-2-6(4-22-24(19,20)21)23-7(3-16)17-5-13-8-9(17)14-11(12)15-10(8)18/h5-7H,2-4H2,1H3,(H2,19,20,21)(H3,12,14,15,18). The van der Waals surface area contributed by atoms with Gasteiger partial charge in [0.15, 0.2) is 11.2 Å². The number of likely N-dealkylation sites (N-methyl/N-ethyl adjacent to an activating group) is 1. The summed E-state index contributed by atoms with van der Waals surface area (Å²) < 4.78 is 22.7. The molecule has 0 saturated carbocycles. The van der Waals surface area contributed by atoms with Gasteiger partial charge < -0.3 is 20.3 Å². The molecule has 1 aliphatic rings. The number of fused-ring (bicyclic) bond motifs is 1. The molecule has 12 nitrogen and oxygen atoms in total. The van der Waals surface area contributed by atoms with Crippen LogP contribution in [0.25, 0.3) is 11.2 Å². The zero-order valence-electron chi connectivity index (χ0n) is 12.7. The minimum Gasteiger partial charge on any atom is -0.369 e. The number of ether oxygens (including phenoxy) is 1. The van der Waals surface area contributed by atoms with Gasteiger partial charge in [0, 0.05) is 13.1 Å². The fourth-order valence-electron chi connectivity index (χ4n) is 2.58. The molecule has 0 radical (unpaired) electrons. The summed E-state index contributed by atoms with van der Waals surface area (Å²) in [6.07, 6.45) is 0.280. The Morgan fingerprint density at radius 3 is 3.00 bits per heavy atom. The zero-order valence-corrected chi connectivity index (χ0v) is 13.6. The molecular formula is C11H17N6O6P. The van der Waals surface area contributed by atoms with Crippen molar-refractivity contribution in [2.45, 2.75) is 12.3 Å². The highest BCUT2D eigenvalue weighted by Crippen LogP contribution is 2.36. The fourth-order valence-corrected chi connectivity index (χ4v) is 2.94. The van der Waals surface area contributed by atoms with Gasteiger partial charge in [0.25, 0.3) is 5.56 Å². The first-order valence-electron chi connectivity index (χ1n) is 6.99. The van der Waals surface area contributed by atoms with E-state index in [1.54, 1.807) is 4.57 Å².